The summed E-state index contributed by atoms with van der Waals surface area (Å²) in [5.41, 5.74) is -0.804. The van der Waals surface area contributed by atoms with Gasteiger partial charge in [-0.25, -0.2) is 8.42 Å². The third-order valence-corrected chi connectivity index (χ3v) is 6.90. The number of hydrogen-bond acceptors (Lipinski definition) is 4. The first-order chi connectivity index (χ1) is 16.4. The summed E-state index contributed by atoms with van der Waals surface area (Å²) in [7, 11) is -4.30. The summed E-state index contributed by atoms with van der Waals surface area (Å²) in [6, 6.07) is 15.0. The Hall–Kier alpha value is -3.24. The van der Waals surface area contributed by atoms with Gasteiger partial charge in [0.2, 0.25) is 5.91 Å². The summed E-state index contributed by atoms with van der Waals surface area (Å²) in [5, 5.41) is 2.00. The lowest BCUT2D eigenvalue weighted by Gasteiger charge is -2.26. The topological polar surface area (TPSA) is 75.7 Å². The summed E-state index contributed by atoms with van der Waals surface area (Å²) in [5.74, 6) is -0.791. The van der Waals surface area contributed by atoms with E-state index in [0.29, 0.717) is 6.07 Å². The normalized spacial score (nSPS) is 11.7. The van der Waals surface area contributed by atoms with Gasteiger partial charge in [-0.15, -0.1) is 0 Å². The fourth-order valence-corrected chi connectivity index (χ4v) is 4.86. The summed E-state index contributed by atoms with van der Waals surface area (Å²) in [6.07, 6.45) is -4.79. The molecule has 0 aliphatic heterocycles. The van der Waals surface area contributed by atoms with Crippen molar-refractivity contribution in [2.24, 2.45) is 0 Å². The molecule has 0 unspecified atom stereocenters. The summed E-state index contributed by atoms with van der Waals surface area (Å²) >= 11 is 5.70. The number of rotatable bonds is 8. The molecule has 0 aliphatic carbocycles. The number of nitrogens with one attached hydrogen (secondary N) is 1. The number of aryl methyl sites for hydroxylation is 1. The highest BCUT2D eigenvalue weighted by molar-refractivity contribution is 7.92. The van der Waals surface area contributed by atoms with E-state index in [-0.39, 0.29) is 28.0 Å². The van der Waals surface area contributed by atoms with Crippen molar-refractivity contribution < 1.29 is 31.1 Å². The summed E-state index contributed by atoms with van der Waals surface area (Å²) in [6.45, 7) is 2.92. The fourth-order valence-electron chi connectivity index (χ4n) is 3.26. The number of halogens is 4. The van der Waals surface area contributed by atoms with E-state index in [4.69, 9.17) is 16.3 Å². The minimum absolute atomic E-state index is 0.0669. The molecule has 3 aromatic carbocycles. The van der Waals surface area contributed by atoms with Gasteiger partial charge in [0.15, 0.2) is 0 Å². The van der Waals surface area contributed by atoms with Crippen LogP contribution >= 0.6 is 11.6 Å². The highest BCUT2D eigenvalue weighted by atomic mass is 35.5. The maximum atomic E-state index is 13.6. The lowest BCUT2D eigenvalue weighted by atomic mass is 10.1. The van der Waals surface area contributed by atoms with Gasteiger partial charge < -0.3 is 10.1 Å². The zero-order valence-corrected chi connectivity index (χ0v) is 20.3. The van der Waals surface area contributed by atoms with Crippen LogP contribution in [-0.2, 0) is 21.0 Å². The molecule has 0 spiro atoms. The van der Waals surface area contributed by atoms with Gasteiger partial charge in [-0.1, -0.05) is 41.4 Å². The van der Waals surface area contributed by atoms with Gasteiger partial charge in [0.05, 0.1) is 28.4 Å². The Balaban J connectivity index is 2.03. The molecule has 0 bridgehead atoms. The molecule has 0 aromatic heterocycles. The summed E-state index contributed by atoms with van der Waals surface area (Å²) in [4.78, 5) is 12.8. The molecular weight excluding hydrogens is 505 g/mol. The van der Waals surface area contributed by atoms with E-state index in [1.165, 1.54) is 30.3 Å². The second-order valence-corrected chi connectivity index (χ2v) is 9.76. The van der Waals surface area contributed by atoms with Crippen molar-refractivity contribution in [2.45, 2.75) is 24.9 Å². The average Bonchev–Trinajstić information content (AvgIpc) is 2.79. The molecule has 0 radical (unpaired) electrons. The standard InChI is InChI=1S/C24H22ClF3N2O4S/c1-3-34-22-7-5-4-6-21(22)30(35(32,33)18-11-8-16(2)9-12-18)15-23(31)29-20-13-10-17(25)14-19(20)24(26,27)28/h4-14H,3,15H2,1-2H3,(H,29,31). The maximum absolute atomic E-state index is 13.6. The fraction of sp³-hybridized carbons (Fsp3) is 0.208. The number of nitrogens with zero attached hydrogens (tertiary/aromatic N) is 1. The van der Waals surface area contributed by atoms with Crippen LogP contribution in [0, 0.1) is 6.92 Å². The highest BCUT2D eigenvalue weighted by Crippen LogP contribution is 2.37. The molecule has 0 fully saturated rings. The van der Waals surface area contributed by atoms with Crippen LogP contribution in [0.15, 0.2) is 71.6 Å². The van der Waals surface area contributed by atoms with Gasteiger partial charge in [-0.2, -0.15) is 13.2 Å². The van der Waals surface area contributed by atoms with Crippen LogP contribution in [0.5, 0.6) is 5.75 Å². The molecule has 0 heterocycles. The van der Waals surface area contributed by atoms with Crippen LogP contribution in [0.2, 0.25) is 5.02 Å². The van der Waals surface area contributed by atoms with Gasteiger partial charge >= 0.3 is 6.18 Å². The van der Waals surface area contributed by atoms with Crippen LogP contribution < -0.4 is 14.4 Å². The zero-order chi connectivity index (χ0) is 25.8. The Morgan fingerprint density at radius 3 is 2.34 bits per heavy atom. The molecule has 1 amide bonds. The van der Waals surface area contributed by atoms with E-state index < -0.39 is 39.9 Å². The minimum Gasteiger partial charge on any atom is -0.492 e. The lowest BCUT2D eigenvalue weighted by molar-refractivity contribution is -0.137. The number of carbonyl (C=O) groups is 1. The Kier molecular flexibility index (Phi) is 7.97. The Bertz CT molecular complexity index is 1310. The SMILES string of the molecule is CCOc1ccccc1N(CC(=O)Nc1ccc(Cl)cc1C(F)(F)F)S(=O)(=O)c1ccc(C)cc1. The van der Waals surface area contributed by atoms with Crippen LogP contribution in [-0.4, -0.2) is 27.5 Å². The van der Waals surface area contributed by atoms with Crippen molar-refractivity contribution in [3.05, 3.63) is 82.9 Å². The first kappa shape index (κ1) is 26.4. The molecule has 6 nitrogen and oxygen atoms in total. The van der Waals surface area contributed by atoms with Crippen molar-refractivity contribution >= 4 is 38.9 Å². The molecule has 0 saturated heterocycles. The van der Waals surface area contributed by atoms with Crippen molar-refractivity contribution in [1.82, 2.24) is 0 Å². The molecule has 35 heavy (non-hydrogen) atoms. The highest BCUT2D eigenvalue weighted by Gasteiger charge is 2.35. The molecule has 11 heteroatoms. The number of benzene rings is 3. The second kappa shape index (κ2) is 10.6. The largest absolute Gasteiger partial charge is 0.492 e. The van der Waals surface area contributed by atoms with Crippen LogP contribution in [0.25, 0.3) is 0 Å². The van der Waals surface area contributed by atoms with Gasteiger partial charge in [0, 0.05) is 5.02 Å². The van der Waals surface area contributed by atoms with Crippen LogP contribution in [0.4, 0.5) is 24.5 Å². The summed E-state index contributed by atoms with van der Waals surface area (Å²) < 4.78 is 73.8. The molecule has 3 rings (SSSR count). The van der Waals surface area contributed by atoms with Crippen LogP contribution in [0.3, 0.4) is 0 Å². The number of anilines is 2. The zero-order valence-electron chi connectivity index (χ0n) is 18.8. The van der Waals surface area contributed by atoms with Gasteiger partial charge in [-0.05, 0) is 56.3 Å². The van der Waals surface area contributed by atoms with E-state index in [2.05, 4.69) is 5.32 Å². The van der Waals surface area contributed by atoms with Crippen molar-refractivity contribution in [2.75, 3.05) is 22.8 Å². The van der Waals surface area contributed by atoms with Gasteiger partial charge in [0.25, 0.3) is 10.0 Å². The second-order valence-electron chi connectivity index (χ2n) is 7.46. The number of ether oxygens (including phenoxy) is 1. The monoisotopic (exact) mass is 526 g/mol. The molecule has 186 valence electrons. The predicted molar refractivity (Wildman–Crippen MR) is 128 cm³/mol. The number of sulfonamides is 1. The van der Waals surface area contributed by atoms with Crippen molar-refractivity contribution in [3.63, 3.8) is 0 Å². The van der Waals surface area contributed by atoms with Crippen molar-refractivity contribution in [3.8, 4) is 5.75 Å². The quantitative estimate of drug-likeness (QED) is 0.396. The number of hydrogen-bond donors (Lipinski definition) is 1. The first-order valence-electron chi connectivity index (χ1n) is 10.4. The Labute approximate surface area is 206 Å². The van der Waals surface area contributed by atoms with E-state index >= 15 is 0 Å². The minimum atomic E-state index is -4.79. The average molecular weight is 527 g/mol. The Morgan fingerprint density at radius 1 is 1.06 bits per heavy atom. The van der Waals surface area contributed by atoms with Crippen molar-refractivity contribution in [1.29, 1.82) is 0 Å². The van der Waals surface area contributed by atoms with Crippen LogP contribution in [0.1, 0.15) is 18.1 Å². The van der Waals surface area contributed by atoms with E-state index in [9.17, 15) is 26.4 Å². The molecular formula is C24H22ClF3N2O4S. The van der Waals surface area contributed by atoms with E-state index in [1.807, 2.05) is 0 Å². The number of carbonyl (C=O) groups excluding carboxylic acids is 1. The first-order valence-corrected chi connectivity index (χ1v) is 12.2. The Morgan fingerprint density at radius 2 is 1.71 bits per heavy atom. The molecule has 3 aromatic rings. The van der Waals surface area contributed by atoms with E-state index in [0.717, 1.165) is 15.9 Å². The lowest BCUT2D eigenvalue weighted by Crippen LogP contribution is -2.38. The molecule has 0 atom stereocenters. The predicted octanol–water partition coefficient (Wildman–Crippen LogP) is 5.90. The third kappa shape index (κ3) is 6.26. The number of alkyl halides is 3. The van der Waals surface area contributed by atoms with E-state index in [1.54, 1.807) is 38.1 Å². The smallest absolute Gasteiger partial charge is 0.418 e. The van der Waals surface area contributed by atoms with Gasteiger partial charge in [0.1, 0.15) is 12.3 Å². The number of amides is 1. The molecule has 0 saturated carbocycles. The maximum Gasteiger partial charge on any atom is 0.418 e. The van der Waals surface area contributed by atoms with Gasteiger partial charge in [-0.3, -0.25) is 9.10 Å². The molecule has 0 aliphatic rings. The number of para-hydroxylation sites is 2. The third-order valence-electron chi connectivity index (χ3n) is 4.89. The molecule has 1 N–H and O–H groups in total.